The first-order chi connectivity index (χ1) is 3.83. The first-order valence-electron chi connectivity index (χ1n) is 2.23. The van der Waals surface area contributed by atoms with E-state index in [0.29, 0.717) is 11.7 Å². The van der Waals surface area contributed by atoms with E-state index in [1.54, 1.807) is 11.0 Å². The number of halogens is 2. The molecule has 0 saturated heterocycles. The molecule has 1 rings (SSSR count). The van der Waals surface area contributed by atoms with Crippen LogP contribution in [0.25, 0.3) is 0 Å². The van der Waals surface area contributed by atoms with E-state index in [-0.39, 0.29) is 12.4 Å². The predicted octanol–water partition coefficient (Wildman–Crippen LogP) is 0.976. The fourth-order valence-electron chi connectivity index (χ4n) is 0.445. The Labute approximate surface area is 64.4 Å². The van der Waals surface area contributed by atoms with Gasteiger partial charge in [0.25, 0.3) is 0 Å². The molecule has 1 aromatic rings. The molecule has 0 fully saturated rings. The number of rotatable bonds is 1. The average molecular weight is 168 g/mol. The third-order valence-electron chi connectivity index (χ3n) is 0.767. The van der Waals surface area contributed by atoms with Gasteiger partial charge < -0.3 is 0 Å². The summed E-state index contributed by atoms with van der Waals surface area (Å²) in [6.45, 7) is 0. The van der Waals surface area contributed by atoms with Gasteiger partial charge in [-0.05, 0) is 0 Å². The van der Waals surface area contributed by atoms with Gasteiger partial charge >= 0.3 is 0 Å². The summed E-state index contributed by atoms with van der Waals surface area (Å²) in [5.41, 5.74) is 0. The SMILES string of the molecule is Cl.Cn1cnc(CCl)n1. The largest absolute Gasteiger partial charge is 0.256 e. The van der Waals surface area contributed by atoms with Gasteiger partial charge in [0, 0.05) is 7.05 Å². The Hall–Kier alpha value is -0.280. The van der Waals surface area contributed by atoms with E-state index >= 15 is 0 Å². The number of alkyl halides is 1. The lowest BCUT2D eigenvalue weighted by Gasteiger charge is -1.79. The van der Waals surface area contributed by atoms with Gasteiger partial charge in [0.1, 0.15) is 6.33 Å². The van der Waals surface area contributed by atoms with Crippen LogP contribution in [-0.4, -0.2) is 14.8 Å². The molecule has 0 aliphatic carbocycles. The standard InChI is InChI=1S/C4H6ClN3.ClH/c1-8-3-6-4(2-5)7-8;/h3H,2H2,1H3;1H. The first-order valence-corrected chi connectivity index (χ1v) is 2.77. The zero-order valence-corrected chi connectivity index (χ0v) is 6.48. The fourth-order valence-corrected chi connectivity index (χ4v) is 0.568. The van der Waals surface area contributed by atoms with Crippen molar-refractivity contribution in [2.24, 2.45) is 7.05 Å². The number of hydrogen-bond acceptors (Lipinski definition) is 2. The van der Waals surface area contributed by atoms with Crippen LogP contribution in [0.2, 0.25) is 0 Å². The van der Waals surface area contributed by atoms with Crippen LogP contribution in [0.15, 0.2) is 6.33 Å². The lowest BCUT2D eigenvalue weighted by atomic mass is 10.7. The van der Waals surface area contributed by atoms with E-state index in [0.717, 1.165) is 0 Å². The summed E-state index contributed by atoms with van der Waals surface area (Å²) in [6.07, 6.45) is 1.62. The quantitative estimate of drug-likeness (QED) is 0.585. The van der Waals surface area contributed by atoms with Crippen molar-refractivity contribution in [2.45, 2.75) is 5.88 Å². The Morgan fingerprint density at radius 1 is 1.78 bits per heavy atom. The van der Waals surface area contributed by atoms with Crippen molar-refractivity contribution in [1.29, 1.82) is 0 Å². The van der Waals surface area contributed by atoms with E-state index in [2.05, 4.69) is 10.1 Å². The summed E-state index contributed by atoms with van der Waals surface area (Å²) in [5, 5.41) is 3.90. The second-order valence-electron chi connectivity index (χ2n) is 1.47. The lowest BCUT2D eigenvalue weighted by molar-refractivity contribution is 0.754. The minimum Gasteiger partial charge on any atom is -0.256 e. The van der Waals surface area contributed by atoms with Crippen LogP contribution in [0, 0.1) is 0 Å². The van der Waals surface area contributed by atoms with E-state index in [9.17, 15) is 0 Å². The van der Waals surface area contributed by atoms with Crippen LogP contribution >= 0.6 is 24.0 Å². The van der Waals surface area contributed by atoms with E-state index < -0.39 is 0 Å². The highest BCUT2D eigenvalue weighted by molar-refractivity contribution is 6.16. The highest BCUT2D eigenvalue weighted by Gasteiger charge is 1.91. The molecule has 1 heterocycles. The van der Waals surface area contributed by atoms with Gasteiger partial charge in [-0.1, -0.05) is 0 Å². The van der Waals surface area contributed by atoms with Crippen molar-refractivity contribution in [2.75, 3.05) is 0 Å². The minimum absolute atomic E-state index is 0. The summed E-state index contributed by atoms with van der Waals surface area (Å²) in [4.78, 5) is 3.85. The van der Waals surface area contributed by atoms with E-state index in [1.165, 1.54) is 0 Å². The highest BCUT2D eigenvalue weighted by atomic mass is 35.5. The van der Waals surface area contributed by atoms with Crippen molar-refractivity contribution in [1.82, 2.24) is 14.8 Å². The fraction of sp³-hybridized carbons (Fsp3) is 0.500. The van der Waals surface area contributed by atoms with Crippen LogP contribution in [0.3, 0.4) is 0 Å². The Morgan fingerprint density at radius 3 is 2.67 bits per heavy atom. The molecule has 0 amide bonds. The molecule has 0 aromatic carbocycles. The van der Waals surface area contributed by atoms with Crippen molar-refractivity contribution in [3.8, 4) is 0 Å². The van der Waals surface area contributed by atoms with Gasteiger partial charge in [0.05, 0.1) is 5.88 Å². The second-order valence-corrected chi connectivity index (χ2v) is 1.74. The molecular weight excluding hydrogens is 161 g/mol. The van der Waals surface area contributed by atoms with Gasteiger partial charge in [-0.15, -0.1) is 24.0 Å². The molecule has 1 aromatic heterocycles. The van der Waals surface area contributed by atoms with E-state index in [4.69, 9.17) is 11.6 Å². The molecule has 0 aliphatic rings. The molecule has 5 heteroatoms. The maximum atomic E-state index is 5.40. The van der Waals surface area contributed by atoms with Crippen LogP contribution in [0.4, 0.5) is 0 Å². The van der Waals surface area contributed by atoms with Gasteiger partial charge in [0.15, 0.2) is 5.82 Å². The second kappa shape index (κ2) is 3.69. The number of hydrogen-bond donors (Lipinski definition) is 0. The molecular formula is C4H7Cl2N3. The number of aryl methyl sites for hydroxylation is 1. The van der Waals surface area contributed by atoms with Gasteiger partial charge in [-0.3, -0.25) is 4.68 Å². The van der Waals surface area contributed by atoms with Gasteiger partial charge in [0.2, 0.25) is 0 Å². The Morgan fingerprint density at radius 2 is 2.44 bits per heavy atom. The molecule has 0 saturated carbocycles. The molecule has 0 spiro atoms. The minimum atomic E-state index is 0. The van der Waals surface area contributed by atoms with Crippen LogP contribution in [0.5, 0.6) is 0 Å². The first kappa shape index (κ1) is 8.72. The zero-order chi connectivity index (χ0) is 5.98. The molecule has 0 unspecified atom stereocenters. The summed E-state index contributed by atoms with van der Waals surface area (Å²) in [5.74, 6) is 1.06. The van der Waals surface area contributed by atoms with Crippen molar-refractivity contribution < 1.29 is 0 Å². The summed E-state index contributed by atoms with van der Waals surface area (Å²) >= 11 is 5.40. The van der Waals surface area contributed by atoms with Crippen molar-refractivity contribution in [3.63, 3.8) is 0 Å². The topological polar surface area (TPSA) is 30.7 Å². The molecule has 3 nitrogen and oxygen atoms in total. The average Bonchev–Trinajstić information content (AvgIpc) is 2.14. The third-order valence-corrected chi connectivity index (χ3v) is 1.01. The van der Waals surface area contributed by atoms with Crippen LogP contribution in [0.1, 0.15) is 5.82 Å². The molecule has 0 N–H and O–H groups in total. The summed E-state index contributed by atoms with van der Waals surface area (Å²) in [7, 11) is 1.81. The number of nitrogens with zero attached hydrogens (tertiary/aromatic N) is 3. The maximum absolute atomic E-state index is 5.40. The summed E-state index contributed by atoms with van der Waals surface area (Å²) < 4.78 is 1.62. The van der Waals surface area contributed by atoms with Crippen LogP contribution < -0.4 is 0 Å². The Balaban J connectivity index is 0.000000640. The Bertz CT molecular complexity index is 174. The monoisotopic (exact) mass is 167 g/mol. The number of aromatic nitrogens is 3. The maximum Gasteiger partial charge on any atom is 0.165 e. The molecule has 0 radical (unpaired) electrons. The van der Waals surface area contributed by atoms with Gasteiger partial charge in [-0.25, -0.2) is 4.98 Å². The van der Waals surface area contributed by atoms with Gasteiger partial charge in [-0.2, -0.15) is 5.10 Å². The molecule has 0 atom stereocenters. The Kier molecular flexibility index (Phi) is 3.58. The van der Waals surface area contributed by atoms with Crippen molar-refractivity contribution in [3.05, 3.63) is 12.2 Å². The normalized spacial score (nSPS) is 8.67. The zero-order valence-electron chi connectivity index (χ0n) is 4.91. The molecule has 0 aliphatic heterocycles. The third kappa shape index (κ3) is 2.20. The summed E-state index contributed by atoms with van der Waals surface area (Å²) in [6, 6.07) is 0. The lowest BCUT2D eigenvalue weighted by Crippen LogP contribution is -1.88. The molecule has 9 heavy (non-hydrogen) atoms. The van der Waals surface area contributed by atoms with E-state index in [1.807, 2.05) is 7.05 Å². The molecule has 52 valence electrons. The smallest absolute Gasteiger partial charge is 0.165 e. The predicted molar refractivity (Wildman–Crippen MR) is 37.8 cm³/mol. The van der Waals surface area contributed by atoms with Crippen LogP contribution in [-0.2, 0) is 12.9 Å². The van der Waals surface area contributed by atoms with Crippen molar-refractivity contribution >= 4 is 24.0 Å². The highest BCUT2D eigenvalue weighted by Crippen LogP contribution is 1.91. The molecule has 0 bridgehead atoms.